The summed E-state index contributed by atoms with van der Waals surface area (Å²) in [5.74, 6) is 0.125. The maximum Gasteiger partial charge on any atom is 0.272 e. The molecule has 0 aliphatic carbocycles. The summed E-state index contributed by atoms with van der Waals surface area (Å²) in [6, 6.07) is 17.6. The monoisotopic (exact) mass is 419 g/mol. The summed E-state index contributed by atoms with van der Waals surface area (Å²) in [7, 11) is 1.53. The third-order valence-electron chi connectivity index (χ3n) is 4.64. The van der Waals surface area contributed by atoms with E-state index in [-0.39, 0.29) is 11.6 Å². The minimum absolute atomic E-state index is 0.0260. The molecule has 3 aromatic carbocycles. The molecule has 1 amide bonds. The Balaban J connectivity index is 1.66. The molecule has 0 bridgehead atoms. The second kappa shape index (κ2) is 7.92. The number of amides is 1. The maximum atomic E-state index is 12.8. The lowest BCUT2D eigenvalue weighted by Gasteiger charge is -2.12. The zero-order valence-corrected chi connectivity index (χ0v) is 17.0. The predicted octanol–water partition coefficient (Wildman–Crippen LogP) is 5.44. The summed E-state index contributed by atoms with van der Waals surface area (Å²) in [5, 5.41) is 14.7. The molecule has 150 valence electrons. The Bertz CT molecular complexity index is 1250. The molecule has 1 N–H and O–H groups in total. The van der Waals surface area contributed by atoms with Gasteiger partial charge in [0.2, 0.25) is 0 Å². The molecule has 7 nitrogen and oxygen atoms in total. The summed E-state index contributed by atoms with van der Waals surface area (Å²) in [4.78, 5) is 27.9. The Labute approximate surface area is 176 Å². The number of nitro benzene ring substituents is 1. The molecule has 4 aromatic rings. The number of rotatable bonds is 5. The lowest BCUT2D eigenvalue weighted by atomic mass is 10.1. The summed E-state index contributed by atoms with van der Waals surface area (Å²) in [6.07, 6.45) is 0. The second-order valence-electron chi connectivity index (χ2n) is 6.61. The number of nitrogens with zero attached hydrogens (tertiary/aromatic N) is 2. The van der Waals surface area contributed by atoms with Gasteiger partial charge in [-0.25, -0.2) is 4.98 Å². The average Bonchev–Trinajstić information content (AvgIpc) is 3.17. The van der Waals surface area contributed by atoms with E-state index in [1.807, 2.05) is 36.4 Å². The SMILES string of the molecule is COc1ccc(-c2nc3ccccc3s2)cc1NC(=O)c1ccc([N+](=O)[O-])c(C)c1. The zero-order valence-electron chi connectivity index (χ0n) is 16.2. The van der Waals surface area contributed by atoms with Gasteiger partial charge in [0.1, 0.15) is 10.8 Å². The van der Waals surface area contributed by atoms with Gasteiger partial charge in [-0.3, -0.25) is 14.9 Å². The van der Waals surface area contributed by atoms with E-state index in [1.165, 1.54) is 25.3 Å². The molecule has 0 saturated carbocycles. The first-order valence-electron chi connectivity index (χ1n) is 9.06. The Hall–Kier alpha value is -3.78. The average molecular weight is 419 g/mol. The molecule has 0 fully saturated rings. The van der Waals surface area contributed by atoms with Crippen molar-refractivity contribution >= 4 is 38.8 Å². The molecule has 1 aromatic heterocycles. The third kappa shape index (κ3) is 3.72. The highest BCUT2D eigenvalue weighted by molar-refractivity contribution is 7.21. The number of aromatic nitrogens is 1. The van der Waals surface area contributed by atoms with Crippen LogP contribution in [0.4, 0.5) is 11.4 Å². The molecular weight excluding hydrogens is 402 g/mol. The molecule has 0 aliphatic rings. The Morgan fingerprint density at radius 3 is 2.63 bits per heavy atom. The highest BCUT2D eigenvalue weighted by Crippen LogP contribution is 2.35. The number of nitro groups is 1. The number of benzene rings is 3. The van der Waals surface area contributed by atoms with Crippen LogP contribution in [0.15, 0.2) is 60.7 Å². The van der Waals surface area contributed by atoms with E-state index in [0.29, 0.717) is 22.6 Å². The zero-order chi connectivity index (χ0) is 21.3. The molecule has 30 heavy (non-hydrogen) atoms. The van der Waals surface area contributed by atoms with E-state index in [0.717, 1.165) is 20.8 Å². The summed E-state index contributed by atoms with van der Waals surface area (Å²) in [5.41, 5.74) is 2.98. The number of fused-ring (bicyclic) bond motifs is 1. The summed E-state index contributed by atoms with van der Waals surface area (Å²) >= 11 is 1.57. The Morgan fingerprint density at radius 2 is 1.93 bits per heavy atom. The fourth-order valence-corrected chi connectivity index (χ4v) is 4.09. The van der Waals surface area contributed by atoms with Crippen molar-refractivity contribution in [1.82, 2.24) is 4.98 Å². The van der Waals surface area contributed by atoms with Gasteiger partial charge in [-0.05, 0) is 49.4 Å². The molecule has 4 rings (SSSR count). The third-order valence-corrected chi connectivity index (χ3v) is 5.73. The lowest BCUT2D eigenvalue weighted by molar-refractivity contribution is -0.385. The van der Waals surface area contributed by atoms with Crippen LogP contribution in [-0.4, -0.2) is 22.9 Å². The number of methoxy groups -OCH3 is 1. The van der Waals surface area contributed by atoms with Crippen molar-refractivity contribution in [3.63, 3.8) is 0 Å². The van der Waals surface area contributed by atoms with Gasteiger partial charge in [-0.2, -0.15) is 0 Å². The normalized spacial score (nSPS) is 10.7. The first kappa shape index (κ1) is 19.5. The lowest BCUT2D eigenvalue weighted by Crippen LogP contribution is -2.13. The molecule has 0 aliphatic heterocycles. The van der Waals surface area contributed by atoms with E-state index in [4.69, 9.17) is 4.74 Å². The number of carbonyl (C=O) groups is 1. The molecule has 0 unspecified atom stereocenters. The Kier molecular flexibility index (Phi) is 5.16. The first-order valence-corrected chi connectivity index (χ1v) is 9.88. The van der Waals surface area contributed by atoms with E-state index >= 15 is 0 Å². The van der Waals surface area contributed by atoms with Crippen LogP contribution in [0, 0.1) is 17.0 Å². The minimum Gasteiger partial charge on any atom is -0.495 e. The largest absolute Gasteiger partial charge is 0.495 e. The predicted molar refractivity (Wildman–Crippen MR) is 117 cm³/mol. The number of carbonyl (C=O) groups excluding carboxylic acids is 1. The van der Waals surface area contributed by atoms with Gasteiger partial charge in [0.25, 0.3) is 11.6 Å². The number of hydrogen-bond donors (Lipinski definition) is 1. The van der Waals surface area contributed by atoms with Crippen LogP contribution in [-0.2, 0) is 0 Å². The number of anilines is 1. The van der Waals surface area contributed by atoms with Crippen LogP contribution >= 0.6 is 11.3 Å². The van der Waals surface area contributed by atoms with Gasteiger partial charge in [0, 0.05) is 22.8 Å². The van der Waals surface area contributed by atoms with Crippen LogP contribution in [0.2, 0.25) is 0 Å². The van der Waals surface area contributed by atoms with Crippen molar-refractivity contribution in [2.24, 2.45) is 0 Å². The highest BCUT2D eigenvalue weighted by atomic mass is 32.1. The number of aryl methyl sites for hydroxylation is 1. The Morgan fingerprint density at radius 1 is 1.13 bits per heavy atom. The van der Waals surface area contributed by atoms with Crippen molar-refractivity contribution in [1.29, 1.82) is 0 Å². The number of para-hydroxylation sites is 1. The van der Waals surface area contributed by atoms with Gasteiger partial charge in [-0.15, -0.1) is 11.3 Å². The van der Waals surface area contributed by atoms with Crippen molar-refractivity contribution in [2.75, 3.05) is 12.4 Å². The van der Waals surface area contributed by atoms with Crippen LogP contribution in [0.5, 0.6) is 5.75 Å². The van der Waals surface area contributed by atoms with E-state index < -0.39 is 4.92 Å². The quantitative estimate of drug-likeness (QED) is 0.343. The molecule has 0 atom stereocenters. The van der Waals surface area contributed by atoms with E-state index in [9.17, 15) is 14.9 Å². The number of nitrogens with one attached hydrogen (secondary N) is 1. The van der Waals surface area contributed by atoms with E-state index in [2.05, 4.69) is 10.3 Å². The van der Waals surface area contributed by atoms with Crippen LogP contribution in [0.25, 0.3) is 20.8 Å². The fraction of sp³-hybridized carbons (Fsp3) is 0.0909. The minimum atomic E-state index is -0.471. The fourth-order valence-electron chi connectivity index (χ4n) is 3.13. The highest BCUT2D eigenvalue weighted by Gasteiger charge is 2.16. The molecule has 0 saturated heterocycles. The van der Waals surface area contributed by atoms with Crippen LogP contribution < -0.4 is 10.1 Å². The topological polar surface area (TPSA) is 94.4 Å². The number of thiazole rings is 1. The standard InChI is InChI=1S/C22H17N3O4S/c1-13-11-14(7-9-18(13)25(27)28)21(26)23-17-12-15(8-10-19(17)29-2)22-24-16-5-3-4-6-20(16)30-22/h3-12H,1-2H3,(H,23,26). The maximum absolute atomic E-state index is 12.8. The second-order valence-corrected chi connectivity index (χ2v) is 7.64. The summed E-state index contributed by atoms with van der Waals surface area (Å²) < 4.78 is 6.46. The molecule has 0 spiro atoms. The van der Waals surface area contributed by atoms with Gasteiger partial charge in [-0.1, -0.05) is 12.1 Å². The van der Waals surface area contributed by atoms with E-state index in [1.54, 1.807) is 24.3 Å². The molecule has 8 heteroatoms. The molecular formula is C22H17N3O4S. The van der Waals surface area contributed by atoms with Gasteiger partial charge >= 0.3 is 0 Å². The summed E-state index contributed by atoms with van der Waals surface area (Å²) in [6.45, 7) is 1.60. The smallest absolute Gasteiger partial charge is 0.272 e. The van der Waals surface area contributed by atoms with Gasteiger partial charge < -0.3 is 10.1 Å². The van der Waals surface area contributed by atoms with Crippen molar-refractivity contribution < 1.29 is 14.5 Å². The van der Waals surface area contributed by atoms with Crippen molar-refractivity contribution in [3.05, 3.63) is 81.9 Å². The first-order chi connectivity index (χ1) is 14.5. The molecule has 0 radical (unpaired) electrons. The van der Waals surface area contributed by atoms with Crippen LogP contribution in [0.3, 0.4) is 0 Å². The van der Waals surface area contributed by atoms with Gasteiger partial charge in [0.05, 0.1) is 27.9 Å². The van der Waals surface area contributed by atoms with Crippen LogP contribution in [0.1, 0.15) is 15.9 Å². The molecule has 1 heterocycles. The number of ether oxygens (including phenoxy) is 1. The number of hydrogen-bond acceptors (Lipinski definition) is 6. The van der Waals surface area contributed by atoms with Gasteiger partial charge in [0.15, 0.2) is 0 Å². The van der Waals surface area contributed by atoms with Crippen molar-refractivity contribution in [2.45, 2.75) is 6.92 Å². The van der Waals surface area contributed by atoms with Crippen molar-refractivity contribution in [3.8, 4) is 16.3 Å².